The Labute approximate surface area is 115 Å². The van der Waals surface area contributed by atoms with Crippen LogP contribution in [-0.2, 0) is 10.0 Å². The Morgan fingerprint density at radius 2 is 2.00 bits per heavy atom. The average Bonchev–Trinajstić information content (AvgIpc) is 2.27. The lowest BCUT2D eigenvalue weighted by Crippen LogP contribution is -2.48. The number of nitrogens with two attached hydrogens (primary N) is 1. The molecule has 0 spiro atoms. The van der Waals surface area contributed by atoms with Crippen LogP contribution in [0.3, 0.4) is 0 Å². The number of nitrogens with zero attached hydrogens (tertiary/aromatic N) is 1. The monoisotopic (exact) mass is 282 g/mol. The molecular weight excluding hydrogens is 260 g/mol. The Morgan fingerprint density at radius 1 is 1.32 bits per heavy atom. The first kappa shape index (κ1) is 14.5. The molecule has 5 heteroatoms. The van der Waals surface area contributed by atoms with Gasteiger partial charge in [-0.3, -0.25) is 0 Å². The first-order chi connectivity index (χ1) is 8.82. The standard InChI is InChI=1S/C14H22N2O2S/c1-10-4-5-14(11(2)8-10)19(17,18)16-7-6-13(15)9-12(16)3/h4-5,8,12-13H,6-7,9,15H2,1-3H3/t12-,13+/m0/s1. The quantitative estimate of drug-likeness (QED) is 0.899. The molecule has 0 bridgehead atoms. The minimum Gasteiger partial charge on any atom is -0.328 e. The highest BCUT2D eigenvalue weighted by atomic mass is 32.2. The van der Waals surface area contributed by atoms with Crippen molar-refractivity contribution in [3.05, 3.63) is 29.3 Å². The molecule has 0 amide bonds. The SMILES string of the molecule is Cc1ccc(S(=O)(=O)N2CC[C@@H](N)C[C@@H]2C)c(C)c1. The topological polar surface area (TPSA) is 63.4 Å². The normalized spacial score (nSPS) is 25.5. The summed E-state index contributed by atoms with van der Waals surface area (Å²) in [6.07, 6.45) is 1.46. The fourth-order valence-electron chi connectivity index (χ4n) is 2.76. The molecule has 2 atom stereocenters. The van der Waals surface area contributed by atoms with Gasteiger partial charge in [-0.1, -0.05) is 17.7 Å². The smallest absolute Gasteiger partial charge is 0.243 e. The molecule has 0 aromatic heterocycles. The zero-order valence-corrected chi connectivity index (χ0v) is 12.6. The summed E-state index contributed by atoms with van der Waals surface area (Å²) < 4.78 is 27.0. The second kappa shape index (κ2) is 5.23. The molecule has 19 heavy (non-hydrogen) atoms. The van der Waals surface area contributed by atoms with Gasteiger partial charge in [0.25, 0.3) is 0 Å². The molecule has 0 unspecified atom stereocenters. The summed E-state index contributed by atoms with van der Waals surface area (Å²) in [5, 5.41) is 0. The molecule has 106 valence electrons. The molecule has 1 heterocycles. The summed E-state index contributed by atoms with van der Waals surface area (Å²) in [5.41, 5.74) is 7.78. The molecule has 1 aliphatic rings. The van der Waals surface area contributed by atoms with E-state index in [1.165, 1.54) is 0 Å². The highest BCUT2D eigenvalue weighted by Crippen LogP contribution is 2.27. The van der Waals surface area contributed by atoms with Gasteiger partial charge in [0.15, 0.2) is 0 Å². The summed E-state index contributed by atoms with van der Waals surface area (Å²) in [6.45, 7) is 6.25. The number of hydrogen-bond donors (Lipinski definition) is 1. The number of rotatable bonds is 2. The molecule has 4 nitrogen and oxygen atoms in total. The Balaban J connectivity index is 2.37. The second-order valence-electron chi connectivity index (χ2n) is 5.52. The molecule has 1 saturated heterocycles. The van der Waals surface area contributed by atoms with Gasteiger partial charge in [0.1, 0.15) is 0 Å². The molecule has 0 saturated carbocycles. The van der Waals surface area contributed by atoms with Gasteiger partial charge in [-0.25, -0.2) is 8.42 Å². The highest BCUT2D eigenvalue weighted by molar-refractivity contribution is 7.89. The van der Waals surface area contributed by atoms with Gasteiger partial charge in [-0.05, 0) is 45.2 Å². The third-order valence-electron chi connectivity index (χ3n) is 3.77. The molecule has 2 N–H and O–H groups in total. The Bertz CT molecular complexity index is 569. The van der Waals surface area contributed by atoms with Gasteiger partial charge in [0.05, 0.1) is 4.90 Å². The molecule has 1 aliphatic heterocycles. The molecule has 1 aromatic carbocycles. The van der Waals surface area contributed by atoms with Crippen molar-refractivity contribution in [3.63, 3.8) is 0 Å². The van der Waals surface area contributed by atoms with Crippen LogP contribution >= 0.6 is 0 Å². The number of hydrogen-bond acceptors (Lipinski definition) is 3. The lowest BCUT2D eigenvalue weighted by atomic mass is 10.0. The summed E-state index contributed by atoms with van der Waals surface area (Å²) in [7, 11) is -3.40. The van der Waals surface area contributed by atoms with Crippen LogP contribution in [-0.4, -0.2) is 31.4 Å². The number of sulfonamides is 1. The van der Waals surface area contributed by atoms with Crippen LogP contribution in [0.2, 0.25) is 0 Å². The average molecular weight is 282 g/mol. The van der Waals surface area contributed by atoms with E-state index in [2.05, 4.69) is 0 Å². The Hall–Kier alpha value is -0.910. The number of piperidine rings is 1. The molecule has 1 fully saturated rings. The summed E-state index contributed by atoms with van der Waals surface area (Å²) >= 11 is 0. The van der Waals surface area contributed by atoms with Gasteiger partial charge in [-0.2, -0.15) is 4.31 Å². The minimum absolute atomic E-state index is 0.0329. The first-order valence-corrected chi connectivity index (χ1v) is 8.11. The summed E-state index contributed by atoms with van der Waals surface area (Å²) in [5.74, 6) is 0. The first-order valence-electron chi connectivity index (χ1n) is 6.67. The number of aryl methyl sites for hydroxylation is 2. The van der Waals surface area contributed by atoms with Gasteiger partial charge in [-0.15, -0.1) is 0 Å². The van der Waals surface area contributed by atoms with E-state index in [9.17, 15) is 8.42 Å². The lowest BCUT2D eigenvalue weighted by molar-refractivity contribution is 0.247. The van der Waals surface area contributed by atoms with Crippen LogP contribution in [0.5, 0.6) is 0 Å². The predicted octanol–water partition coefficient (Wildman–Crippen LogP) is 1.80. The fraction of sp³-hybridized carbons (Fsp3) is 0.571. The van der Waals surface area contributed by atoms with Crippen molar-refractivity contribution in [2.75, 3.05) is 6.54 Å². The van der Waals surface area contributed by atoms with E-state index in [0.717, 1.165) is 24.0 Å². The van der Waals surface area contributed by atoms with Crippen LogP contribution in [0.25, 0.3) is 0 Å². The molecular formula is C14H22N2O2S. The molecule has 0 aliphatic carbocycles. The molecule has 1 aromatic rings. The number of benzene rings is 1. The molecule has 0 radical (unpaired) electrons. The van der Waals surface area contributed by atoms with Gasteiger partial charge >= 0.3 is 0 Å². The van der Waals surface area contributed by atoms with Crippen LogP contribution in [0, 0.1) is 13.8 Å². The van der Waals surface area contributed by atoms with E-state index in [0.29, 0.717) is 11.4 Å². The third-order valence-corrected chi connectivity index (χ3v) is 5.95. The van der Waals surface area contributed by atoms with Crippen molar-refractivity contribution >= 4 is 10.0 Å². The fourth-order valence-corrected chi connectivity index (χ4v) is 4.62. The zero-order valence-electron chi connectivity index (χ0n) is 11.8. The zero-order chi connectivity index (χ0) is 14.2. The second-order valence-corrected chi connectivity index (χ2v) is 7.38. The van der Waals surface area contributed by atoms with Gasteiger partial charge in [0, 0.05) is 18.6 Å². The van der Waals surface area contributed by atoms with Crippen molar-refractivity contribution in [3.8, 4) is 0 Å². The summed E-state index contributed by atoms with van der Waals surface area (Å²) in [6, 6.07) is 5.55. The van der Waals surface area contributed by atoms with Gasteiger partial charge in [0.2, 0.25) is 10.0 Å². The molecule has 2 rings (SSSR count). The maximum absolute atomic E-state index is 12.7. The largest absolute Gasteiger partial charge is 0.328 e. The summed E-state index contributed by atoms with van der Waals surface area (Å²) in [4.78, 5) is 0.417. The minimum atomic E-state index is -3.40. The van der Waals surface area contributed by atoms with Crippen molar-refractivity contribution in [1.82, 2.24) is 4.31 Å². The maximum atomic E-state index is 12.7. The lowest BCUT2D eigenvalue weighted by Gasteiger charge is -2.35. The Morgan fingerprint density at radius 3 is 2.58 bits per heavy atom. The van der Waals surface area contributed by atoms with Crippen LogP contribution < -0.4 is 5.73 Å². The van der Waals surface area contributed by atoms with E-state index < -0.39 is 10.0 Å². The predicted molar refractivity (Wildman–Crippen MR) is 76.5 cm³/mol. The van der Waals surface area contributed by atoms with E-state index in [1.807, 2.05) is 32.9 Å². The van der Waals surface area contributed by atoms with Crippen molar-refractivity contribution < 1.29 is 8.42 Å². The van der Waals surface area contributed by atoms with E-state index >= 15 is 0 Å². The van der Waals surface area contributed by atoms with Gasteiger partial charge < -0.3 is 5.73 Å². The van der Waals surface area contributed by atoms with E-state index in [1.54, 1.807) is 10.4 Å². The van der Waals surface area contributed by atoms with Crippen LogP contribution in [0.1, 0.15) is 30.9 Å². The highest BCUT2D eigenvalue weighted by Gasteiger charge is 2.34. The van der Waals surface area contributed by atoms with Crippen LogP contribution in [0.15, 0.2) is 23.1 Å². The van der Waals surface area contributed by atoms with Crippen molar-refractivity contribution in [1.29, 1.82) is 0 Å². The maximum Gasteiger partial charge on any atom is 0.243 e. The van der Waals surface area contributed by atoms with Crippen LogP contribution in [0.4, 0.5) is 0 Å². The Kier molecular flexibility index (Phi) is 3.99. The van der Waals surface area contributed by atoms with E-state index in [-0.39, 0.29) is 12.1 Å². The van der Waals surface area contributed by atoms with Crippen molar-refractivity contribution in [2.24, 2.45) is 5.73 Å². The third kappa shape index (κ3) is 2.83. The van der Waals surface area contributed by atoms with Crippen molar-refractivity contribution in [2.45, 2.75) is 50.6 Å². The van der Waals surface area contributed by atoms with E-state index in [4.69, 9.17) is 5.73 Å².